The van der Waals surface area contributed by atoms with Crippen LogP contribution in [0.5, 0.6) is 11.6 Å². The molecule has 1 aromatic carbocycles. The summed E-state index contributed by atoms with van der Waals surface area (Å²) in [7, 11) is 1.63. The number of hydrogen-bond donors (Lipinski definition) is 3. The molecule has 0 unspecified atom stereocenters. The van der Waals surface area contributed by atoms with E-state index in [1.54, 1.807) is 29.4 Å². The zero-order valence-electron chi connectivity index (χ0n) is 12.5. The van der Waals surface area contributed by atoms with Crippen LogP contribution in [0, 0.1) is 0 Å². The Labute approximate surface area is 128 Å². The van der Waals surface area contributed by atoms with Gasteiger partial charge in [-0.25, -0.2) is 5.48 Å². The van der Waals surface area contributed by atoms with E-state index in [1.807, 2.05) is 24.3 Å². The summed E-state index contributed by atoms with van der Waals surface area (Å²) in [6.07, 6.45) is 3.06. The van der Waals surface area contributed by atoms with Gasteiger partial charge in [-0.15, -0.1) is 0 Å². The van der Waals surface area contributed by atoms with Gasteiger partial charge in [0.2, 0.25) is 5.91 Å². The highest BCUT2D eigenvalue weighted by atomic mass is 16.5. The Balaban J connectivity index is 1.95. The summed E-state index contributed by atoms with van der Waals surface area (Å²) in [6.45, 7) is 0.630. The molecule has 6 nitrogen and oxygen atoms in total. The number of methoxy groups -OCH3 is 1. The van der Waals surface area contributed by atoms with Crippen LogP contribution in [0.4, 0.5) is 0 Å². The highest BCUT2D eigenvalue weighted by Crippen LogP contribution is 2.21. The molecule has 3 N–H and O–H groups in total. The topological polar surface area (TPSA) is 83.7 Å². The van der Waals surface area contributed by atoms with E-state index in [2.05, 4.69) is 0 Å². The molecular formula is C16H20N2O4. The Bertz CT molecular complexity index is 637. The number of hydroxylamine groups is 1. The molecule has 118 valence electrons. The number of hydrogen-bond acceptors (Lipinski definition) is 4. The van der Waals surface area contributed by atoms with Gasteiger partial charge in [-0.2, -0.15) is 0 Å². The van der Waals surface area contributed by atoms with Gasteiger partial charge in [0.1, 0.15) is 5.75 Å². The molecule has 0 saturated heterocycles. The van der Waals surface area contributed by atoms with E-state index >= 15 is 0 Å². The number of carbonyl (C=O) groups excluding carboxylic acids is 1. The number of nitrogens with zero attached hydrogens (tertiary/aromatic N) is 1. The normalized spacial score (nSPS) is 10.5. The fraction of sp³-hybridized carbons (Fsp3) is 0.312. The number of aromatic hydroxyl groups is 1. The number of amides is 1. The van der Waals surface area contributed by atoms with Crippen LogP contribution in [0.2, 0.25) is 0 Å². The number of rotatable bonds is 7. The van der Waals surface area contributed by atoms with E-state index in [4.69, 9.17) is 9.94 Å². The lowest BCUT2D eigenvalue weighted by Gasteiger charge is -2.07. The van der Waals surface area contributed by atoms with E-state index in [0.29, 0.717) is 18.5 Å². The summed E-state index contributed by atoms with van der Waals surface area (Å²) in [5.74, 6) is 0.502. The molecule has 0 aliphatic carbocycles. The molecular weight excluding hydrogens is 284 g/mol. The summed E-state index contributed by atoms with van der Waals surface area (Å²) in [4.78, 5) is 11.0. The largest absolute Gasteiger partial charge is 0.497 e. The van der Waals surface area contributed by atoms with Gasteiger partial charge >= 0.3 is 0 Å². The molecule has 0 atom stereocenters. The quantitative estimate of drug-likeness (QED) is 0.539. The third-order valence-corrected chi connectivity index (χ3v) is 3.54. The predicted molar refractivity (Wildman–Crippen MR) is 81.0 cm³/mol. The van der Waals surface area contributed by atoms with Crippen molar-refractivity contribution < 1.29 is 19.8 Å². The van der Waals surface area contributed by atoms with Crippen LogP contribution in [0.1, 0.15) is 17.5 Å². The van der Waals surface area contributed by atoms with E-state index in [9.17, 15) is 9.90 Å². The van der Waals surface area contributed by atoms with E-state index in [0.717, 1.165) is 17.7 Å². The molecule has 1 amide bonds. The average molecular weight is 304 g/mol. The van der Waals surface area contributed by atoms with Gasteiger partial charge in [0.25, 0.3) is 0 Å². The van der Waals surface area contributed by atoms with Crippen LogP contribution in [-0.4, -0.2) is 27.9 Å². The molecule has 1 heterocycles. The minimum atomic E-state index is -0.469. The number of aryl methyl sites for hydroxylation is 3. The Kier molecular flexibility index (Phi) is 5.43. The standard InChI is InChI=1S/C16H20N2O4/c1-22-14-4-2-3-12(11-14)7-9-18-10-8-13(16(18)20)5-6-15(19)17-21/h2-4,8,10-11,20-21H,5-7,9H2,1H3,(H,17,19). The average Bonchev–Trinajstić information content (AvgIpc) is 2.91. The fourth-order valence-corrected chi connectivity index (χ4v) is 2.27. The van der Waals surface area contributed by atoms with Gasteiger partial charge in [0.15, 0.2) is 5.88 Å². The van der Waals surface area contributed by atoms with Gasteiger partial charge in [-0.3, -0.25) is 10.0 Å². The highest BCUT2D eigenvalue weighted by Gasteiger charge is 2.10. The van der Waals surface area contributed by atoms with Crippen LogP contribution in [-0.2, 0) is 24.2 Å². The molecule has 0 bridgehead atoms. The van der Waals surface area contributed by atoms with Crippen LogP contribution >= 0.6 is 0 Å². The molecule has 22 heavy (non-hydrogen) atoms. The van der Waals surface area contributed by atoms with Crippen LogP contribution in [0.25, 0.3) is 0 Å². The molecule has 6 heteroatoms. The minimum absolute atomic E-state index is 0.129. The molecule has 2 aromatic rings. The van der Waals surface area contributed by atoms with Crippen molar-refractivity contribution in [1.82, 2.24) is 10.0 Å². The Morgan fingerprint density at radius 1 is 1.32 bits per heavy atom. The molecule has 2 rings (SSSR count). The number of nitrogens with one attached hydrogen (secondary N) is 1. The fourth-order valence-electron chi connectivity index (χ4n) is 2.27. The second-order valence-electron chi connectivity index (χ2n) is 4.99. The van der Waals surface area contributed by atoms with E-state index in [1.165, 1.54) is 0 Å². The lowest BCUT2D eigenvalue weighted by atomic mass is 10.1. The number of benzene rings is 1. The third kappa shape index (κ3) is 4.02. The Morgan fingerprint density at radius 2 is 2.14 bits per heavy atom. The van der Waals surface area contributed by atoms with Crippen molar-refractivity contribution >= 4 is 5.91 Å². The SMILES string of the molecule is COc1cccc(CCn2ccc(CCC(=O)NO)c2O)c1. The first kappa shape index (κ1) is 15.9. The maximum Gasteiger partial charge on any atom is 0.243 e. The van der Waals surface area contributed by atoms with Gasteiger partial charge < -0.3 is 14.4 Å². The first-order chi connectivity index (χ1) is 10.6. The molecule has 0 aliphatic heterocycles. The number of carbonyl (C=O) groups is 1. The second kappa shape index (κ2) is 7.51. The molecule has 0 spiro atoms. The first-order valence-corrected chi connectivity index (χ1v) is 7.07. The van der Waals surface area contributed by atoms with Crippen molar-refractivity contribution in [1.29, 1.82) is 0 Å². The zero-order valence-corrected chi connectivity index (χ0v) is 12.5. The van der Waals surface area contributed by atoms with Crippen LogP contribution in [0.3, 0.4) is 0 Å². The second-order valence-corrected chi connectivity index (χ2v) is 4.99. The van der Waals surface area contributed by atoms with Crippen molar-refractivity contribution in [2.24, 2.45) is 0 Å². The molecule has 0 aliphatic rings. The highest BCUT2D eigenvalue weighted by molar-refractivity contribution is 5.74. The number of ether oxygens (including phenoxy) is 1. The van der Waals surface area contributed by atoms with Gasteiger partial charge in [-0.05, 0) is 36.6 Å². The maximum absolute atomic E-state index is 11.0. The monoisotopic (exact) mass is 304 g/mol. The smallest absolute Gasteiger partial charge is 0.243 e. The molecule has 0 radical (unpaired) electrons. The summed E-state index contributed by atoms with van der Waals surface area (Å²) in [5, 5.41) is 18.6. The van der Waals surface area contributed by atoms with Crippen LogP contribution < -0.4 is 10.2 Å². The lowest BCUT2D eigenvalue weighted by Crippen LogP contribution is -2.18. The Hall–Kier alpha value is -2.47. The summed E-state index contributed by atoms with van der Waals surface area (Å²) in [6, 6.07) is 9.58. The van der Waals surface area contributed by atoms with Gasteiger partial charge in [0.05, 0.1) is 7.11 Å². The van der Waals surface area contributed by atoms with Gasteiger partial charge in [0, 0.05) is 24.7 Å². The van der Waals surface area contributed by atoms with Crippen molar-refractivity contribution in [2.45, 2.75) is 25.8 Å². The van der Waals surface area contributed by atoms with Crippen molar-refractivity contribution in [3.63, 3.8) is 0 Å². The summed E-state index contributed by atoms with van der Waals surface area (Å²) >= 11 is 0. The zero-order chi connectivity index (χ0) is 15.9. The predicted octanol–water partition coefficient (Wildman–Crippen LogP) is 1.88. The van der Waals surface area contributed by atoms with E-state index in [-0.39, 0.29) is 12.3 Å². The lowest BCUT2D eigenvalue weighted by molar-refractivity contribution is -0.129. The molecule has 0 fully saturated rings. The van der Waals surface area contributed by atoms with Crippen molar-refractivity contribution in [3.05, 3.63) is 47.7 Å². The first-order valence-electron chi connectivity index (χ1n) is 7.07. The summed E-state index contributed by atoms with van der Waals surface area (Å²) < 4.78 is 6.93. The molecule has 1 aromatic heterocycles. The molecule has 0 saturated carbocycles. The Morgan fingerprint density at radius 3 is 2.86 bits per heavy atom. The minimum Gasteiger partial charge on any atom is -0.497 e. The summed E-state index contributed by atoms with van der Waals surface area (Å²) in [5.41, 5.74) is 3.39. The number of aromatic nitrogens is 1. The van der Waals surface area contributed by atoms with Crippen molar-refractivity contribution in [2.75, 3.05) is 7.11 Å². The van der Waals surface area contributed by atoms with Gasteiger partial charge in [-0.1, -0.05) is 12.1 Å². The van der Waals surface area contributed by atoms with Crippen molar-refractivity contribution in [3.8, 4) is 11.6 Å². The third-order valence-electron chi connectivity index (χ3n) is 3.54. The maximum atomic E-state index is 11.0. The van der Waals surface area contributed by atoms with E-state index < -0.39 is 5.91 Å². The van der Waals surface area contributed by atoms with Crippen LogP contribution in [0.15, 0.2) is 36.5 Å².